The molecule has 0 amide bonds. The molecule has 3 heteroatoms. The molecule has 2 aromatic carbocycles. The van der Waals surface area contributed by atoms with Gasteiger partial charge in [-0.05, 0) is 29.7 Å². The van der Waals surface area contributed by atoms with Gasteiger partial charge >= 0.3 is 0 Å². The van der Waals surface area contributed by atoms with Crippen LogP contribution in [0.25, 0.3) is 10.9 Å². The summed E-state index contributed by atoms with van der Waals surface area (Å²) in [5.41, 5.74) is 2.84. The van der Waals surface area contributed by atoms with E-state index in [1.165, 1.54) is 0 Å². The molecule has 124 valence electrons. The fraction of sp³-hybridized carbons (Fsp3) is 0.286. The Hall–Kier alpha value is -2.39. The zero-order chi connectivity index (χ0) is 16.8. The number of unbranched alkanes of at least 4 members (excludes halogenated alkanes) is 1. The molecule has 0 aliphatic rings. The average Bonchev–Trinajstić information content (AvgIpc) is 2.64. The van der Waals surface area contributed by atoms with E-state index in [1.54, 1.807) is 6.20 Å². The van der Waals surface area contributed by atoms with Crippen LogP contribution in [0.4, 0.5) is 0 Å². The molecule has 1 atom stereocenters. The van der Waals surface area contributed by atoms with Gasteiger partial charge < -0.3 is 9.84 Å². The molecule has 24 heavy (non-hydrogen) atoms. The largest absolute Gasteiger partial charge is 0.487 e. The number of hydrogen-bond donors (Lipinski definition) is 1. The highest BCUT2D eigenvalue weighted by molar-refractivity contribution is 5.84. The summed E-state index contributed by atoms with van der Waals surface area (Å²) in [6.45, 7) is 2.56. The van der Waals surface area contributed by atoms with E-state index in [0.717, 1.165) is 47.0 Å². The topological polar surface area (TPSA) is 42.4 Å². The third kappa shape index (κ3) is 3.74. The fourth-order valence-electron chi connectivity index (χ4n) is 2.89. The van der Waals surface area contributed by atoms with Crippen LogP contribution in [-0.2, 0) is 6.61 Å². The van der Waals surface area contributed by atoms with Crippen molar-refractivity contribution in [1.82, 2.24) is 4.98 Å². The molecule has 1 aromatic heterocycles. The van der Waals surface area contributed by atoms with Crippen molar-refractivity contribution >= 4 is 10.9 Å². The fourth-order valence-corrected chi connectivity index (χ4v) is 2.89. The third-order valence-electron chi connectivity index (χ3n) is 4.22. The molecule has 1 unspecified atom stereocenters. The van der Waals surface area contributed by atoms with Crippen LogP contribution in [0.1, 0.15) is 43.4 Å². The van der Waals surface area contributed by atoms with Crippen LogP contribution in [0.15, 0.2) is 60.8 Å². The smallest absolute Gasteiger partial charge is 0.146 e. The van der Waals surface area contributed by atoms with Crippen LogP contribution in [0, 0.1) is 0 Å². The molecule has 0 saturated carbocycles. The highest BCUT2D eigenvalue weighted by Crippen LogP contribution is 2.27. The van der Waals surface area contributed by atoms with E-state index in [4.69, 9.17) is 4.74 Å². The lowest BCUT2D eigenvalue weighted by molar-refractivity contribution is 0.161. The lowest BCUT2D eigenvalue weighted by Crippen LogP contribution is -2.05. The van der Waals surface area contributed by atoms with Gasteiger partial charge in [0.2, 0.25) is 0 Å². The standard InChI is InChI=1S/C21H23NO2/c1-2-3-12-19(23)18-11-5-4-8-17(18)15-24-20-13-6-9-16-10-7-14-22-21(16)20/h4-11,13-14,19,23H,2-3,12,15H2,1H3. The Morgan fingerprint density at radius 2 is 1.88 bits per heavy atom. The first-order valence-electron chi connectivity index (χ1n) is 8.52. The van der Waals surface area contributed by atoms with Gasteiger partial charge in [0, 0.05) is 11.6 Å². The van der Waals surface area contributed by atoms with E-state index in [2.05, 4.69) is 11.9 Å². The van der Waals surface area contributed by atoms with Gasteiger partial charge in [-0.1, -0.05) is 62.2 Å². The minimum absolute atomic E-state index is 0.426. The second-order valence-electron chi connectivity index (χ2n) is 5.98. The van der Waals surface area contributed by atoms with Crippen LogP contribution >= 0.6 is 0 Å². The quantitative estimate of drug-likeness (QED) is 0.663. The van der Waals surface area contributed by atoms with Crippen LogP contribution in [0.5, 0.6) is 5.75 Å². The molecule has 0 fully saturated rings. The molecule has 1 heterocycles. The van der Waals surface area contributed by atoms with Crippen molar-refractivity contribution in [3.05, 3.63) is 71.9 Å². The van der Waals surface area contributed by atoms with Crippen molar-refractivity contribution in [2.75, 3.05) is 0 Å². The zero-order valence-electron chi connectivity index (χ0n) is 14.0. The molecule has 0 aliphatic heterocycles. The number of pyridine rings is 1. The van der Waals surface area contributed by atoms with Crippen LogP contribution in [0.2, 0.25) is 0 Å². The molecule has 0 saturated heterocycles. The number of hydrogen-bond acceptors (Lipinski definition) is 3. The van der Waals surface area contributed by atoms with E-state index < -0.39 is 6.10 Å². The summed E-state index contributed by atoms with van der Waals surface area (Å²) in [5.74, 6) is 0.769. The molecule has 3 nitrogen and oxygen atoms in total. The Bertz CT molecular complexity index is 795. The van der Waals surface area contributed by atoms with Crippen molar-refractivity contribution in [1.29, 1.82) is 0 Å². The van der Waals surface area contributed by atoms with Gasteiger partial charge in [0.15, 0.2) is 0 Å². The summed E-state index contributed by atoms with van der Waals surface area (Å²) in [6.07, 6.45) is 4.22. The number of aromatic nitrogens is 1. The van der Waals surface area contributed by atoms with Gasteiger partial charge in [0.25, 0.3) is 0 Å². The minimum atomic E-state index is -0.435. The van der Waals surface area contributed by atoms with Gasteiger partial charge in [-0.3, -0.25) is 4.98 Å². The summed E-state index contributed by atoms with van der Waals surface area (Å²) >= 11 is 0. The normalized spacial score (nSPS) is 12.2. The zero-order valence-corrected chi connectivity index (χ0v) is 14.0. The van der Waals surface area contributed by atoms with Crippen molar-refractivity contribution in [3.8, 4) is 5.75 Å². The van der Waals surface area contributed by atoms with Crippen LogP contribution in [-0.4, -0.2) is 10.1 Å². The molecule has 0 radical (unpaired) electrons. The minimum Gasteiger partial charge on any atom is -0.487 e. The molecule has 3 rings (SSSR count). The maximum absolute atomic E-state index is 10.4. The SMILES string of the molecule is CCCCC(O)c1ccccc1COc1cccc2cccnc12. The highest BCUT2D eigenvalue weighted by Gasteiger charge is 2.12. The van der Waals surface area contributed by atoms with E-state index in [-0.39, 0.29) is 0 Å². The summed E-state index contributed by atoms with van der Waals surface area (Å²) in [6, 6.07) is 17.8. The number of ether oxygens (including phenoxy) is 1. The first-order chi connectivity index (χ1) is 11.8. The second-order valence-corrected chi connectivity index (χ2v) is 5.98. The number of aliphatic hydroxyl groups excluding tert-OH is 1. The van der Waals surface area contributed by atoms with Crippen molar-refractivity contribution in [3.63, 3.8) is 0 Å². The average molecular weight is 321 g/mol. The molecule has 0 bridgehead atoms. The number of fused-ring (bicyclic) bond motifs is 1. The monoisotopic (exact) mass is 321 g/mol. The number of para-hydroxylation sites is 1. The molecule has 1 N–H and O–H groups in total. The van der Waals surface area contributed by atoms with Gasteiger partial charge in [0.1, 0.15) is 17.9 Å². The summed E-state index contributed by atoms with van der Waals surface area (Å²) in [5, 5.41) is 11.5. The third-order valence-corrected chi connectivity index (χ3v) is 4.22. The summed E-state index contributed by atoms with van der Waals surface area (Å²) in [7, 11) is 0. The predicted octanol–water partition coefficient (Wildman–Crippen LogP) is 5.04. The van der Waals surface area contributed by atoms with Crippen molar-refractivity contribution in [2.45, 2.75) is 38.9 Å². The van der Waals surface area contributed by atoms with E-state index in [1.807, 2.05) is 54.6 Å². The van der Waals surface area contributed by atoms with E-state index in [9.17, 15) is 5.11 Å². The Morgan fingerprint density at radius 3 is 2.75 bits per heavy atom. The molecular formula is C21H23NO2. The molecule has 3 aromatic rings. The molecule has 0 spiro atoms. The van der Waals surface area contributed by atoms with Gasteiger partial charge in [0.05, 0.1) is 6.10 Å². The maximum atomic E-state index is 10.4. The van der Waals surface area contributed by atoms with E-state index in [0.29, 0.717) is 6.61 Å². The summed E-state index contributed by atoms with van der Waals surface area (Å²) < 4.78 is 6.03. The van der Waals surface area contributed by atoms with E-state index >= 15 is 0 Å². The second kappa shape index (κ2) is 7.93. The Balaban J connectivity index is 1.79. The Morgan fingerprint density at radius 1 is 1.04 bits per heavy atom. The highest BCUT2D eigenvalue weighted by atomic mass is 16.5. The first-order valence-corrected chi connectivity index (χ1v) is 8.52. The van der Waals surface area contributed by atoms with Crippen LogP contribution < -0.4 is 4.74 Å². The number of nitrogens with zero attached hydrogens (tertiary/aromatic N) is 1. The van der Waals surface area contributed by atoms with Crippen LogP contribution in [0.3, 0.4) is 0 Å². The van der Waals surface area contributed by atoms with Gasteiger partial charge in [-0.2, -0.15) is 0 Å². The number of benzene rings is 2. The van der Waals surface area contributed by atoms with Crippen molar-refractivity contribution in [2.24, 2.45) is 0 Å². The lowest BCUT2D eigenvalue weighted by Gasteiger charge is -2.16. The van der Waals surface area contributed by atoms with Crippen molar-refractivity contribution < 1.29 is 9.84 Å². The van der Waals surface area contributed by atoms with Gasteiger partial charge in [-0.15, -0.1) is 0 Å². The Labute approximate surface area is 142 Å². The summed E-state index contributed by atoms with van der Waals surface area (Å²) in [4.78, 5) is 4.42. The number of rotatable bonds is 7. The molecule has 0 aliphatic carbocycles. The molecular weight excluding hydrogens is 298 g/mol. The Kier molecular flexibility index (Phi) is 5.44. The lowest BCUT2D eigenvalue weighted by atomic mass is 9.99. The maximum Gasteiger partial charge on any atom is 0.146 e. The number of aliphatic hydroxyl groups is 1. The first kappa shape index (κ1) is 16.5. The van der Waals surface area contributed by atoms with Gasteiger partial charge in [-0.25, -0.2) is 0 Å². The predicted molar refractivity (Wildman–Crippen MR) is 97.0 cm³/mol.